The van der Waals surface area contributed by atoms with E-state index in [9.17, 15) is 9.59 Å². The number of nitrogens with one attached hydrogen (secondary N) is 2. The maximum Gasteiger partial charge on any atom is 0.255 e. The number of nitrogens with zero attached hydrogens (tertiary/aromatic N) is 2. The second-order valence-corrected chi connectivity index (χ2v) is 10.5. The van der Waals surface area contributed by atoms with Crippen molar-refractivity contribution >= 4 is 68.5 Å². The Kier molecular flexibility index (Phi) is 7.64. The van der Waals surface area contributed by atoms with Crippen molar-refractivity contribution in [3.05, 3.63) is 72.3 Å². The highest BCUT2D eigenvalue weighted by Gasteiger charge is 2.17. The summed E-state index contributed by atoms with van der Waals surface area (Å²) < 4.78 is 4.21. The van der Waals surface area contributed by atoms with Crippen LogP contribution in [0.25, 0.3) is 10.8 Å². The number of rotatable bonds is 8. The van der Waals surface area contributed by atoms with Gasteiger partial charge in [0.2, 0.25) is 16.2 Å². The van der Waals surface area contributed by atoms with Crippen LogP contribution in [-0.2, 0) is 4.79 Å². The molecule has 0 fully saturated rings. The molecule has 0 aliphatic rings. The standard InChI is InChI=1S/C24H22N4O2S3/c1-3-31-24-27-23(33-28-24)26-21(29)15(2)32-20-10-6-9-19(14-20)25-22(30)18-12-11-16-7-4-5-8-17(16)13-18/h4-15H,3H2,1-2H3,(H,25,30)(H,26,27,28,29). The van der Waals surface area contributed by atoms with Crippen molar-refractivity contribution in [2.24, 2.45) is 0 Å². The van der Waals surface area contributed by atoms with E-state index in [0.717, 1.165) is 21.4 Å². The summed E-state index contributed by atoms with van der Waals surface area (Å²) in [6.45, 7) is 3.87. The molecule has 6 nitrogen and oxygen atoms in total. The van der Waals surface area contributed by atoms with E-state index in [1.54, 1.807) is 0 Å². The number of fused-ring (bicyclic) bond motifs is 1. The fourth-order valence-electron chi connectivity index (χ4n) is 3.09. The average molecular weight is 495 g/mol. The average Bonchev–Trinajstić information content (AvgIpc) is 3.26. The largest absolute Gasteiger partial charge is 0.322 e. The van der Waals surface area contributed by atoms with Crippen molar-refractivity contribution in [3.8, 4) is 0 Å². The van der Waals surface area contributed by atoms with Crippen LogP contribution in [0.2, 0.25) is 0 Å². The summed E-state index contributed by atoms with van der Waals surface area (Å²) in [6, 6.07) is 21.1. The summed E-state index contributed by atoms with van der Waals surface area (Å²) in [6.07, 6.45) is 0. The molecule has 4 aromatic rings. The first-order valence-electron chi connectivity index (χ1n) is 10.4. The second-order valence-electron chi connectivity index (χ2n) is 7.11. The normalized spacial score (nSPS) is 11.8. The monoisotopic (exact) mass is 494 g/mol. The van der Waals surface area contributed by atoms with Gasteiger partial charge in [-0.1, -0.05) is 55.1 Å². The van der Waals surface area contributed by atoms with Gasteiger partial charge in [0.25, 0.3) is 5.91 Å². The third-order valence-corrected chi connectivity index (χ3v) is 7.27. The lowest BCUT2D eigenvalue weighted by Crippen LogP contribution is -2.22. The summed E-state index contributed by atoms with van der Waals surface area (Å²) in [5.41, 5.74) is 1.27. The van der Waals surface area contributed by atoms with Gasteiger partial charge in [0.15, 0.2) is 0 Å². The van der Waals surface area contributed by atoms with Gasteiger partial charge in [0.1, 0.15) is 0 Å². The molecule has 0 radical (unpaired) electrons. The Morgan fingerprint density at radius 2 is 1.82 bits per heavy atom. The summed E-state index contributed by atoms with van der Waals surface area (Å²) >= 11 is 4.13. The van der Waals surface area contributed by atoms with Gasteiger partial charge >= 0.3 is 0 Å². The number of anilines is 2. The summed E-state index contributed by atoms with van der Waals surface area (Å²) in [5, 5.41) is 8.71. The van der Waals surface area contributed by atoms with Gasteiger partial charge in [-0.3, -0.25) is 14.9 Å². The summed E-state index contributed by atoms with van der Waals surface area (Å²) in [5.74, 6) is 0.560. The quantitative estimate of drug-likeness (QED) is 0.285. The van der Waals surface area contributed by atoms with Crippen LogP contribution in [0.4, 0.5) is 10.8 Å². The lowest BCUT2D eigenvalue weighted by atomic mass is 10.1. The predicted molar refractivity (Wildman–Crippen MR) is 139 cm³/mol. The number of carbonyl (C=O) groups is 2. The van der Waals surface area contributed by atoms with Crippen LogP contribution in [0.3, 0.4) is 0 Å². The Labute approximate surface area is 204 Å². The summed E-state index contributed by atoms with van der Waals surface area (Å²) in [7, 11) is 0. The Morgan fingerprint density at radius 3 is 2.64 bits per heavy atom. The van der Waals surface area contributed by atoms with Gasteiger partial charge in [0, 0.05) is 27.7 Å². The van der Waals surface area contributed by atoms with E-state index >= 15 is 0 Å². The van der Waals surface area contributed by atoms with Crippen LogP contribution < -0.4 is 10.6 Å². The zero-order chi connectivity index (χ0) is 23.2. The molecular formula is C24H22N4O2S3. The molecule has 33 heavy (non-hydrogen) atoms. The number of hydrogen-bond donors (Lipinski definition) is 2. The van der Waals surface area contributed by atoms with Gasteiger partial charge in [0.05, 0.1) is 5.25 Å². The van der Waals surface area contributed by atoms with Crippen molar-refractivity contribution in [1.82, 2.24) is 9.36 Å². The van der Waals surface area contributed by atoms with Crippen molar-refractivity contribution in [1.29, 1.82) is 0 Å². The molecular weight excluding hydrogens is 472 g/mol. The van der Waals surface area contributed by atoms with Gasteiger partial charge in [-0.2, -0.15) is 9.36 Å². The minimum absolute atomic E-state index is 0.144. The Morgan fingerprint density at radius 1 is 1.00 bits per heavy atom. The first kappa shape index (κ1) is 23.3. The lowest BCUT2D eigenvalue weighted by Gasteiger charge is -2.12. The lowest BCUT2D eigenvalue weighted by molar-refractivity contribution is -0.115. The molecule has 1 aromatic heterocycles. The molecule has 0 spiro atoms. The zero-order valence-electron chi connectivity index (χ0n) is 18.1. The number of aromatic nitrogens is 2. The first-order valence-corrected chi connectivity index (χ1v) is 13.0. The van der Waals surface area contributed by atoms with Crippen LogP contribution in [-0.4, -0.2) is 32.2 Å². The maximum absolute atomic E-state index is 12.8. The van der Waals surface area contributed by atoms with Crippen molar-refractivity contribution in [2.75, 3.05) is 16.4 Å². The Bertz CT molecular complexity index is 1290. The van der Waals surface area contributed by atoms with Gasteiger partial charge in [-0.15, -0.1) is 11.8 Å². The Hall–Kier alpha value is -2.88. The molecule has 0 aliphatic heterocycles. The number of carbonyl (C=O) groups excluding carboxylic acids is 2. The smallest absolute Gasteiger partial charge is 0.255 e. The van der Waals surface area contributed by atoms with Crippen LogP contribution in [0.5, 0.6) is 0 Å². The molecule has 3 aromatic carbocycles. The number of benzene rings is 3. The zero-order valence-corrected chi connectivity index (χ0v) is 20.5. The van der Waals surface area contributed by atoms with E-state index in [4.69, 9.17) is 0 Å². The number of thioether (sulfide) groups is 2. The van der Waals surface area contributed by atoms with Crippen molar-refractivity contribution in [2.45, 2.75) is 29.1 Å². The predicted octanol–water partition coefficient (Wildman–Crippen LogP) is 6.17. The van der Waals surface area contributed by atoms with Crippen LogP contribution in [0.15, 0.2) is 76.8 Å². The SMILES string of the molecule is CCSc1nsc(NC(=O)C(C)Sc2cccc(NC(=O)c3ccc4ccccc4c3)c2)n1. The van der Waals surface area contributed by atoms with Crippen LogP contribution >= 0.6 is 35.1 Å². The van der Waals surface area contributed by atoms with E-state index in [1.807, 2.05) is 80.6 Å². The van der Waals surface area contributed by atoms with Crippen molar-refractivity contribution in [3.63, 3.8) is 0 Å². The highest BCUT2D eigenvalue weighted by molar-refractivity contribution is 8.00. The van der Waals surface area contributed by atoms with Crippen LogP contribution in [0.1, 0.15) is 24.2 Å². The molecule has 1 unspecified atom stereocenters. The van der Waals surface area contributed by atoms with Crippen molar-refractivity contribution < 1.29 is 9.59 Å². The van der Waals surface area contributed by atoms with E-state index in [0.29, 0.717) is 21.5 Å². The number of hydrogen-bond acceptors (Lipinski definition) is 7. The minimum atomic E-state index is -0.345. The van der Waals surface area contributed by atoms with E-state index in [2.05, 4.69) is 20.0 Å². The van der Waals surface area contributed by atoms with E-state index in [-0.39, 0.29) is 17.1 Å². The van der Waals surface area contributed by atoms with E-state index in [1.165, 1.54) is 35.1 Å². The molecule has 1 heterocycles. The Balaban J connectivity index is 1.38. The fraction of sp³-hybridized carbons (Fsp3) is 0.167. The third kappa shape index (κ3) is 6.13. The third-order valence-electron chi connectivity index (χ3n) is 4.70. The highest BCUT2D eigenvalue weighted by Crippen LogP contribution is 2.28. The summed E-state index contributed by atoms with van der Waals surface area (Å²) in [4.78, 5) is 30.5. The molecule has 0 aliphatic carbocycles. The number of amides is 2. The molecule has 0 saturated carbocycles. The molecule has 1 atom stereocenters. The van der Waals surface area contributed by atoms with Gasteiger partial charge in [-0.25, -0.2) is 0 Å². The van der Waals surface area contributed by atoms with Gasteiger partial charge in [-0.05, 0) is 53.8 Å². The molecule has 2 N–H and O–H groups in total. The maximum atomic E-state index is 12.8. The second kappa shape index (κ2) is 10.8. The molecule has 0 saturated heterocycles. The molecule has 2 amide bonds. The highest BCUT2D eigenvalue weighted by atomic mass is 32.2. The van der Waals surface area contributed by atoms with Gasteiger partial charge < -0.3 is 5.32 Å². The van der Waals surface area contributed by atoms with Crippen LogP contribution in [0, 0.1) is 0 Å². The molecule has 4 rings (SSSR count). The first-order chi connectivity index (χ1) is 16.0. The fourth-order valence-corrected chi connectivity index (χ4v) is 5.29. The minimum Gasteiger partial charge on any atom is -0.322 e. The topological polar surface area (TPSA) is 84.0 Å². The van der Waals surface area contributed by atoms with E-state index < -0.39 is 0 Å². The molecule has 0 bridgehead atoms. The molecule has 168 valence electrons. The molecule has 9 heteroatoms.